The molecule has 3 aliphatic rings. The average Bonchev–Trinajstić information content (AvgIpc) is 3.51. The van der Waals surface area contributed by atoms with Crippen LogP contribution in [0.3, 0.4) is 0 Å². The van der Waals surface area contributed by atoms with Crippen molar-refractivity contribution >= 4 is 17.6 Å². The third kappa shape index (κ3) is 3.50. The Morgan fingerprint density at radius 1 is 0.973 bits per heavy atom. The van der Waals surface area contributed by atoms with E-state index in [0.29, 0.717) is 39.3 Å². The number of halogens is 1. The Bertz CT molecular complexity index is 1420. The number of likely N-dealkylation sites (N-methyl/N-ethyl adjacent to an activating group) is 1. The minimum absolute atomic E-state index is 0.0842. The summed E-state index contributed by atoms with van der Waals surface area (Å²) in [4.78, 5) is 15.4. The number of fused-ring (bicyclic) bond motifs is 3. The first-order valence-electron chi connectivity index (χ1n) is 11.9. The zero-order chi connectivity index (χ0) is 25.8. The van der Waals surface area contributed by atoms with Crippen LogP contribution in [0.4, 0.5) is 0 Å². The number of nitrogens with zero attached hydrogens (tertiary/aromatic N) is 1. The highest BCUT2D eigenvalue weighted by molar-refractivity contribution is 6.30. The smallest absolute Gasteiger partial charge is 0.343 e. The monoisotopic (exact) mass is 523 g/mol. The molecule has 9 heteroatoms. The molecule has 0 aromatic heterocycles. The molecule has 3 aromatic rings. The van der Waals surface area contributed by atoms with Crippen molar-refractivity contribution in [3.05, 3.63) is 63.7 Å². The molecule has 3 heterocycles. The third-order valence-electron chi connectivity index (χ3n) is 7.33. The summed E-state index contributed by atoms with van der Waals surface area (Å²) >= 11 is 6.38. The van der Waals surface area contributed by atoms with Crippen molar-refractivity contribution in [2.75, 3.05) is 41.7 Å². The molecule has 2 atom stereocenters. The maximum Gasteiger partial charge on any atom is 0.343 e. The van der Waals surface area contributed by atoms with Gasteiger partial charge in [0.05, 0.1) is 27.4 Å². The van der Waals surface area contributed by atoms with E-state index in [1.54, 1.807) is 13.2 Å². The van der Waals surface area contributed by atoms with Crippen LogP contribution in [0.5, 0.6) is 28.7 Å². The van der Waals surface area contributed by atoms with Crippen molar-refractivity contribution in [1.29, 1.82) is 0 Å². The van der Waals surface area contributed by atoms with Crippen LogP contribution >= 0.6 is 11.6 Å². The van der Waals surface area contributed by atoms with E-state index in [4.69, 9.17) is 40.0 Å². The van der Waals surface area contributed by atoms with Gasteiger partial charge in [-0.1, -0.05) is 29.8 Å². The van der Waals surface area contributed by atoms with Crippen molar-refractivity contribution in [3.8, 4) is 39.9 Å². The lowest BCUT2D eigenvalue weighted by Gasteiger charge is -2.39. The van der Waals surface area contributed by atoms with Crippen LogP contribution in [0.1, 0.15) is 39.2 Å². The number of rotatable bonds is 5. The predicted molar refractivity (Wildman–Crippen MR) is 136 cm³/mol. The fourth-order valence-corrected chi connectivity index (χ4v) is 5.97. The summed E-state index contributed by atoms with van der Waals surface area (Å²) in [5.41, 5.74) is 4.90. The molecule has 6 rings (SSSR count). The molecule has 0 saturated carbocycles. The van der Waals surface area contributed by atoms with Gasteiger partial charge in [0.2, 0.25) is 12.5 Å². The molecule has 0 fully saturated rings. The molecule has 3 aromatic carbocycles. The fourth-order valence-electron chi connectivity index (χ4n) is 5.78. The van der Waals surface area contributed by atoms with E-state index in [1.807, 2.05) is 37.4 Å². The highest BCUT2D eigenvalue weighted by Gasteiger charge is 2.47. The van der Waals surface area contributed by atoms with Gasteiger partial charge in [-0.05, 0) is 42.8 Å². The van der Waals surface area contributed by atoms with Gasteiger partial charge in [-0.25, -0.2) is 4.79 Å². The van der Waals surface area contributed by atoms with Crippen LogP contribution in [0.25, 0.3) is 11.1 Å². The van der Waals surface area contributed by atoms with Crippen LogP contribution in [0, 0.1) is 0 Å². The molecular formula is C28H26ClNO7. The normalized spacial score (nSPS) is 19.8. The van der Waals surface area contributed by atoms with Crippen LogP contribution in [-0.2, 0) is 11.2 Å². The Labute approximate surface area is 219 Å². The van der Waals surface area contributed by atoms with E-state index >= 15 is 0 Å². The zero-order valence-electron chi connectivity index (χ0n) is 20.9. The van der Waals surface area contributed by atoms with E-state index in [9.17, 15) is 4.79 Å². The van der Waals surface area contributed by atoms with Gasteiger partial charge in [-0.3, -0.25) is 4.90 Å². The highest BCUT2D eigenvalue weighted by Crippen LogP contribution is 2.58. The van der Waals surface area contributed by atoms with Gasteiger partial charge in [-0.2, -0.15) is 0 Å². The topological polar surface area (TPSA) is 75.7 Å². The van der Waals surface area contributed by atoms with E-state index < -0.39 is 12.1 Å². The fraction of sp³-hybridized carbons (Fsp3) is 0.321. The van der Waals surface area contributed by atoms with Crippen LogP contribution in [-0.4, -0.2) is 52.6 Å². The SMILES string of the molecule is COc1ccc2c(c1OC)C(=O)OC2C1c2c(c(-c3cccc(Cl)c3)c3c(c2OC)OCO3)CCN1C. The van der Waals surface area contributed by atoms with Gasteiger partial charge < -0.3 is 28.4 Å². The van der Waals surface area contributed by atoms with Crippen LogP contribution in [0.2, 0.25) is 5.02 Å². The Morgan fingerprint density at radius 3 is 2.49 bits per heavy atom. The zero-order valence-corrected chi connectivity index (χ0v) is 21.7. The van der Waals surface area contributed by atoms with E-state index in [-0.39, 0.29) is 12.8 Å². The lowest BCUT2D eigenvalue weighted by molar-refractivity contribution is 0.00877. The molecule has 8 nitrogen and oxygen atoms in total. The number of hydrogen-bond acceptors (Lipinski definition) is 8. The lowest BCUT2D eigenvalue weighted by Crippen LogP contribution is -2.36. The largest absolute Gasteiger partial charge is 0.493 e. The van der Waals surface area contributed by atoms with Crippen molar-refractivity contribution in [2.45, 2.75) is 18.6 Å². The maximum absolute atomic E-state index is 13.2. The Morgan fingerprint density at radius 2 is 1.76 bits per heavy atom. The summed E-state index contributed by atoms with van der Waals surface area (Å²) in [5.74, 6) is 2.13. The molecule has 0 radical (unpaired) electrons. The highest BCUT2D eigenvalue weighted by atomic mass is 35.5. The van der Waals surface area contributed by atoms with Gasteiger partial charge >= 0.3 is 5.97 Å². The first-order chi connectivity index (χ1) is 18.0. The molecule has 0 spiro atoms. The van der Waals surface area contributed by atoms with Crippen molar-refractivity contribution in [3.63, 3.8) is 0 Å². The number of esters is 1. The molecule has 37 heavy (non-hydrogen) atoms. The molecule has 0 aliphatic carbocycles. The Hall–Kier alpha value is -3.62. The third-order valence-corrected chi connectivity index (χ3v) is 7.56. The van der Waals surface area contributed by atoms with Crippen molar-refractivity contribution < 1.29 is 33.2 Å². The summed E-state index contributed by atoms with van der Waals surface area (Å²) in [7, 11) is 6.69. The Balaban J connectivity index is 1.60. The summed E-state index contributed by atoms with van der Waals surface area (Å²) in [6.45, 7) is 0.811. The van der Waals surface area contributed by atoms with Gasteiger partial charge in [0.25, 0.3) is 0 Å². The second-order valence-corrected chi connectivity index (χ2v) is 9.58. The lowest BCUT2D eigenvalue weighted by atomic mass is 9.81. The first-order valence-corrected chi connectivity index (χ1v) is 12.3. The first kappa shape index (κ1) is 23.8. The molecule has 0 saturated heterocycles. The molecule has 192 valence electrons. The molecular weight excluding hydrogens is 498 g/mol. The number of benzene rings is 3. The summed E-state index contributed by atoms with van der Waals surface area (Å²) in [6, 6.07) is 11.0. The summed E-state index contributed by atoms with van der Waals surface area (Å²) in [6.07, 6.45) is 0.129. The number of ether oxygens (including phenoxy) is 6. The van der Waals surface area contributed by atoms with Crippen LogP contribution < -0.4 is 23.7 Å². The number of carbonyl (C=O) groups is 1. The van der Waals surface area contributed by atoms with E-state index in [2.05, 4.69) is 4.90 Å². The molecule has 3 aliphatic heterocycles. The quantitative estimate of drug-likeness (QED) is 0.422. The van der Waals surface area contributed by atoms with Crippen molar-refractivity contribution in [1.82, 2.24) is 4.90 Å². The minimum Gasteiger partial charge on any atom is -0.493 e. The molecule has 0 amide bonds. The second-order valence-electron chi connectivity index (χ2n) is 9.14. The van der Waals surface area contributed by atoms with Crippen molar-refractivity contribution in [2.24, 2.45) is 0 Å². The number of cyclic esters (lactones) is 1. The minimum atomic E-state index is -0.604. The predicted octanol–water partition coefficient (Wildman–Crippen LogP) is 5.20. The van der Waals surface area contributed by atoms with Gasteiger partial charge in [0, 0.05) is 28.3 Å². The average molecular weight is 524 g/mol. The maximum atomic E-state index is 13.2. The number of methoxy groups -OCH3 is 3. The van der Waals surface area contributed by atoms with Gasteiger partial charge in [0.1, 0.15) is 11.7 Å². The number of carbonyl (C=O) groups excluding carboxylic acids is 1. The summed E-state index contributed by atoms with van der Waals surface area (Å²) < 4.78 is 34.9. The van der Waals surface area contributed by atoms with Gasteiger partial charge in [-0.15, -0.1) is 0 Å². The number of hydrogen-bond donors (Lipinski definition) is 0. The summed E-state index contributed by atoms with van der Waals surface area (Å²) in [5, 5.41) is 0.624. The molecule has 0 N–H and O–H groups in total. The van der Waals surface area contributed by atoms with E-state index in [1.165, 1.54) is 14.2 Å². The van der Waals surface area contributed by atoms with Crippen LogP contribution in [0.15, 0.2) is 36.4 Å². The molecule has 2 unspecified atom stereocenters. The molecule has 0 bridgehead atoms. The Kier molecular flexibility index (Phi) is 5.81. The standard InChI is InChI=1S/C28H26ClNO7/c1-30-11-10-16-19(14-6-5-7-15(29)12-14)26-27(36-13-35-26)25(34-4)20(16)22(30)23-17-8-9-18(32-2)24(33-3)21(17)28(31)37-23/h5-9,12,22-23H,10-11,13H2,1-4H3. The van der Waals surface area contributed by atoms with E-state index in [0.717, 1.165) is 40.8 Å². The second kappa shape index (κ2) is 9.04. The van der Waals surface area contributed by atoms with Gasteiger partial charge in [0.15, 0.2) is 23.0 Å².